The van der Waals surface area contributed by atoms with E-state index in [1.807, 2.05) is 32.3 Å². The smallest absolute Gasteiger partial charge is 0.128 e. The van der Waals surface area contributed by atoms with Gasteiger partial charge in [-0.15, -0.1) is 0 Å². The molecular formula is C13H16FN3. The van der Waals surface area contributed by atoms with Crippen molar-refractivity contribution < 1.29 is 4.39 Å². The van der Waals surface area contributed by atoms with Crippen LogP contribution in [-0.4, -0.2) is 16.3 Å². The van der Waals surface area contributed by atoms with Crippen molar-refractivity contribution >= 4 is 0 Å². The van der Waals surface area contributed by atoms with Crippen molar-refractivity contribution in [2.75, 3.05) is 6.54 Å². The number of halogens is 1. The Hall–Kier alpha value is -1.68. The predicted molar refractivity (Wildman–Crippen MR) is 66.0 cm³/mol. The molecule has 90 valence electrons. The highest BCUT2D eigenvalue weighted by molar-refractivity contribution is 5.62. The van der Waals surface area contributed by atoms with Crippen LogP contribution in [0.1, 0.15) is 12.5 Å². The third-order valence-corrected chi connectivity index (χ3v) is 2.66. The molecule has 0 aliphatic carbocycles. The lowest BCUT2D eigenvalue weighted by Crippen LogP contribution is -2.12. The van der Waals surface area contributed by atoms with Gasteiger partial charge in [0.05, 0.1) is 6.20 Å². The molecule has 2 aromatic rings. The highest BCUT2D eigenvalue weighted by Gasteiger charge is 2.05. The maximum atomic E-state index is 13.8. The number of nitrogens with zero attached hydrogens (tertiary/aromatic N) is 2. The number of rotatable bonds is 4. The highest BCUT2D eigenvalue weighted by atomic mass is 19.1. The first-order valence-corrected chi connectivity index (χ1v) is 5.69. The first-order valence-electron chi connectivity index (χ1n) is 5.69. The topological polar surface area (TPSA) is 29.9 Å². The lowest BCUT2D eigenvalue weighted by Gasteiger charge is -2.05. The Labute approximate surface area is 100 Å². The van der Waals surface area contributed by atoms with E-state index in [0.717, 1.165) is 17.7 Å². The van der Waals surface area contributed by atoms with Crippen molar-refractivity contribution in [2.24, 2.45) is 7.05 Å². The molecule has 1 N–H and O–H groups in total. The normalized spacial score (nSPS) is 10.8. The third-order valence-electron chi connectivity index (χ3n) is 2.66. The van der Waals surface area contributed by atoms with E-state index < -0.39 is 0 Å². The molecule has 0 saturated heterocycles. The van der Waals surface area contributed by atoms with Crippen molar-refractivity contribution in [3.05, 3.63) is 42.0 Å². The second kappa shape index (κ2) is 5.10. The maximum absolute atomic E-state index is 13.8. The molecule has 0 unspecified atom stereocenters. The van der Waals surface area contributed by atoms with Gasteiger partial charge in [-0.1, -0.05) is 19.1 Å². The molecule has 0 aliphatic rings. The van der Waals surface area contributed by atoms with Gasteiger partial charge >= 0.3 is 0 Å². The summed E-state index contributed by atoms with van der Waals surface area (Å²) in [6.07, 6.45) is 3.61. The van der Waals surface area contributed by atoms with E-state index in [4.69, 9.17) is 0 Å². The molecular weight excluding hydrogens is 217 g/mol. The Kier molecular flexibility index (Phi) is 3.54. The number of nitrogens with one attached hydrogen (secondary N) is 1. The minimum absolute atomic E-state index is 0.174. The standard InChI is InChI=1S/C13H16FN3/c1-3-15-7-11-5-4-10(6-13(11)14)12-8-16-17(2)9-12/h4-6,8-9,15H,3,7H2,1-2H3. The van der Waals surface area contributed by atoms with Crippen molar-refractivity contribution in [3.63, 3.8) is 0 Å². The summed E-state index contributed by atoms with van der Waals surface area (Å²) in [4.78, 5) is 0. The molecule has 0 atom stereocenters. The molecule has 17 heavy (non-hydrogen) atoms. The van der Waals surface area contributed by atoms with Gasteiger partial charge in [-0.3, -0.25) is 4.68 Å². The van der Waals surface area contributed by atoms with Gasteiger partial charge in [0, 0.05) is 30.9 Å². The minimum atomic E-state index is -0.174. The van der Waals surface area contributed by atoms with Crippen LogP contribution in [0.5, 0.6) is 0 Å². The van der Waals surface area contributed by atoms with Gasteiger partial charge in [0.2, 0.25) is 0 Å². The van der Waals surface area contributed by atoms with Gasteiger partial charge in [-0.25, -0.2) is 4.39 Å². The van der Waals surface area contributed by atoms with Crippen LogP contribution in [-0.2, 0) is 13.6 Å². The van der Waals surface area contributed by atoms with Gasteiger partial charge in [-0.2, -0.15) is 5.10 Å². The van der Waals surface area contributed by atoms with Crippen LogP contribution in [0.3, 0.4) is 0 Å². The molecule has 1 aromatic carbocycles. The van der Waals surface area contributed by atoms with Crippen LogP contribution in [0, 0.1) is 5.82 Å². The molecule has 0 bridgehead atoms. The molecule has 4 heteroatoms. The van der Waals surface area contributed by atoms with Crippen LogP contribution in [0.15, 0.2) is 30.6 Å². The average Bonchev–Trinajstić information content (AvgIpc) is 2.74. The molecule has 0 radical (unpaired) electrons. The maximum Gasteiger partial charge on any atom is 0.128 e. The van der Waals surface area contributed by atoms with Gasteiger partial charge < -0.3 is 5.32 Å². The average molecular weight is 233 g/mol. The molecule has 2 rings (SSSR count). The largest absolute Gasteiger partial charge is 0.313 e. The number of hydrogen-bond acceptors (Lipinski definition) is 2. The first-order chi connectivity index (χ1) is 8.20. The molecule has 3 nitrogen and oxygen atoms in total. The number of hydrogen-bond donors (Lipinski definition) is 1. The Morgan fingerprint density at radius 3 is 2.76 bits per heavy atom. The summed E-state index contributed by atoms with van der Waals surface area (Å²) in [5.74, 6) is -0.174. The van der Waals surface area contributed by atoms with E-state index in [-0.39, 0.29) is 5.82 Å². The molecule has 1 aromatic heterocycles. The van der Waals surface area contributed by atoms with Crippen molar-refractivity contribution in [1.82, 2.24) is 15.1 Å². The molecule has 0 aliphatic heterocycles. The van der Waals surface area contributed by atoms with Gasteiger partial charge in [-0.05, 0) is 18.2 Å². The van der Waals surface area contributed by atoms with Gasteiger partial charge in [0.1, 0.15) is 5.82 Å². The quantitative estimate of drug-likeness (QED) is 0.878. The van der Waals surface area contributed by atoms with Crippen LogP contribution in [0.2, 0.25) is 0 Å². The SMILES string of the molecule is CCNCc1ccc(-c2cnn(C)c2)cc1F. The van der Waals surface area contributed by atoms with E-state index in [2.05, 4.69) is 10.4 Å². The van der Waals surface area contributed by atoms with E-state index in [0.29, 0.717) is 12.1 Å². The zero-order valence-electron chi connectivity index (χ0n) is 10.1. The van der Waals surface area contributed by atoms with Crippen LogP contribution >= 0.6 is 0 Å². The summed E-state index contributed by atoms with van der Waals surface area (Å²) in [5, 5.41) is 7.19. The Morgan fingerprint density at radius 1 is 1.35 bits per heavy atom. The fourth-order valence-electron chi connectivity index (χ4n) is 1.70. The molecule has 1 heterocycles. The van der Waals surface area contributed by atoms with E-state index in [1.54, 1.807) is 16.9 Å². The Bertz CT molecular complexity index is 505. The van der Waals surface area contributed by atoms with Crippen molar-refractivity contribution in [3.8, 4) is 11.1 Å². The van der Waals surface area contributed by atoms with Gasteiger partial charge in [0.15, 0.2) is 0 Å². The lowest BCUT2D eigenvalue weighted by atomic mass is 10.1. The summed E-state index contributed by atoms with van der Waals surface area (Å²) in [6.45, 7) is 3.40. The zero-order chi connectivity index (χ0) is 12.3. The monoisotopic (exact) mass is 233 g/mol. The summed E-state index contributed by atoms with van der Waals surface area (Å²) in [6, 6.07) is 5.30. The fraction of sp³-hybridized carbons (Fsp3) is 0.308. The second-order valence-corrected chi connectivity index (χ2v) is 3.99. The summed E-state index contributed by atoms with van der Waals surface area (Å²) < 4.78 is 15.5. The highest BCUT2D eigenvalue weighted by Crippen LogP contribution is 2.21. The summed E-state index contributed by atoms with van der Waals surface area (Å²) in [7, 11) is 1.85. The fourth-order valence-corrected chi connectivity index (χ4v) is 1.70. The van der Waals surface area contributed by atoms with Crippen molar-refractivity contribution in [2.45, 2.75) is 13.5 Å². The Morgan fingerprint density at radius 2 is 2.18 bits per heavy atom. The van der Waals surface area contributed by atoms with Crippen LogP contribution in [0.25, 0.3) is 11.1 Å². The van der Waals surface area contributed by atoms with Crippen LogP contribution < -0.4 is 5.32 Å². The third kappa shape index (κ3) is 2.71. The number of benzene rings is 1. The minimum Gasteiger partial charge on any atom is -0.313 e. The predicted octanol–water partition coefficient (Wildman–Crippen LogP) is 2.34. The van der Waals surface area contributed by atoms with E-state index >= 15 is 0 Å². The zero-order valence-corrected chi connectivity index (χ0v) is 10.1. The second-order valence-electron chi connectivity index (χ2n) is 3.99. The van der Waals surface area contributed by atoms with Gasteiger partial charge in [0.25, 0.3) is 0 Å². The molecule has 0 spiro atoms. The number of aromatic nitrogens is 2. The molecule has 0 amide bonds. The van der Waals surface area contributed by atoms with E-state index in [1.165, 1.54) is 0 Å². The van der Waals surface area contributed by atoms with Crippen molar-refractivity contribution in [1.29, 1.82) is 0 Å². The number of aryl methyl sites for hydroxylation is 1. The Balaban J connectivity index is 2.24. The summed E-state index contributed by atoms with van der Waals surface area (Å²) in [5.41, 5.74) is 2.48. The summed E-state index contributed by atoms with van der Waals surface area (Å²) >= 11 is 0. The lowest BCUT2D eigenvalue weighted by molar-refractivity contribution is 0.594. The van der Waals surface area contributed by atoms with Crippen LogP contribution in [0.4, 0.5) is 4.39 Å². The van der Waals surface area contributed by atoms with E-state index in [9.17, 15) is 4.39 Å². The molecule has 0 saturated carbocycles. The molecule has 0 fully saturated rings. The first kappa shape index (κ1) is 11.8.